The van der Waals surface area contributed by atoms with Crippen LogP contribution < -0.4 is 0 Å². The van der Waals surface area contributed by atoms with Gasteiger partial charge in [-0.2, -0.15) is 0 Å². The van der Waals surface area contributed by atoms with Gasteiger partial charge in [0.1, 0.15) is 11.2 Å². The van der Waals surface area contributed by atoms with Crippen LogP contribution in [-0.2, 0) is 5.41 Å². The van der Waals surface area contributed by atoms with Gasteiger partial charge in [-0.1, -0.05) is 38.4 Å². The molecule has 1 heterocycles. The molecule has 0 aliphatic carbocycles. The summed E-state index contributed by atoms with van der Waals surface area (Å²) in [6.45, 7) is 6.65. The Hall–Kier alpha value is -1.47. The highest BCUT2D eigenvalue weighted by atomic mass is 35.5. The van der Waals surface area contributed by atoms with Gasteiger partial charge < -0.3 is 4.42 Å². The molecular weight excluding hydrogens is 244 g/mol. The second-order valence-electron chi connectivity index (χ2n) is 5.70. The van der Waals surface area contributed by atoms with Gasteiger partial charge in [-0.15, -0.1) is 0 Å². The molecule has 2 aromatic carbocycles. The van der Waals surface area contributed by atoms with E-state index in [2.05, 4.69) is 32.9 Å². The number of hydrogen-bond donors (Lipinski definition) is 0. The van der Waals surface area contributed by atoms with Crippen LogP contribution in [0.1, 0.15) is 26.3 Å². The lowest BCUT2D eigenvalue weighted by Gasteiger charge is -2.18. The SMILES string of the molecule is CC(C)(C)c1ccc2oc3cc(Cl)ccc3c2c1. The average molecular weight is 259 g/mol. The number of furan rings is 1. The van der Waals surface area contributed by atoms with Crippen LogP contribution in [0.15, 0.2) is 40.8 Å². The fourth-order valence-corrected chi connectivity index (χ4v) is 2.38. The van der Waals surface area contributed by atoms with Crippen molar-refractivity contribution in [2.45, 2.75) is 26.2 Å². The number of rotatable bonds is 0. The van der Waals surface area contributed by atoms with Gasteiger partial charge in [0.25, 0.3) is 0 Å². The monoisotopic (exact) mass is 258 g/mol. The van der Waals surface area contributed by atoms with Crippen molar-refractivity contribution < 1.29 is 4.42 Å². The predicted molar refractivity (Wildman–Crippen MR) is 77.4 cm³/mol. The highest BCUT2D eigenvalue weighted by molar-refractivity contribution is 6.31. The number of halogens is 1. The first-order valence-electron chi connectivity index (χ1n) is 6.07. The van der Waals surface area contributed by atoms with Crippen LogP contribution in [0.2, 0.25) is 5.02 Å². The summed E-state index contributed by atoms with van der Waals surface area (Å²) in [6, 6.07) is 12.2. The summed E-state index contributed by atoms with van der Waals surface area (Å²) in [5.74, 6) is 0. The third kappa shape index (κ3) is 1.79. The predicted octanol–water partition coefficient (Wildman–Crippen LogP) is 5.54. The van der Waals surface area contributed by atoms with Crippen molar-refractivity contribution in [3.05, 3.63) is 47.0 Å². The van der Waals surface area contributed by atoms with E-state index in [0.717, 1.165) is 21.9 Å². The summed E-state index contributed by atoms with van der Waals surface area (Å²) < 4.78 is 5.82. The van der Waals surface area contributed by atoms with Crippen LogP contribution >= 0.6 is 11.6 Å². The van der Waals surface area contributed by atoms with E-state index in [1.807, 2.05) is 24.3 Å². The number of hydrogen-bond acceptors (Lipinski definition) is 1. The topological polar surface area (TPSA) is 13.1 Å². The third-order valence-corrected chi connectivity index (χ3v) is 3.53. The molecule has 3 rings (SSSR count). The van der Waals surface area contributed by atoms with E-state index < -0.39 is 0 Å². The van der Waals surface area contributed by atoms with Crippen LogP contribution in [0.5, 0.6) is 0 Å². The third-order valence-electron chi connectivity index (χ3n) is 3.30. The maximum absolute atomic E-state index is 5.99. The molecule has 0 aliphatic heterocycles. The van der Waals surface area contributed by atoms with E-state index in [9.17, 15) is 0 Å². The van der Waals surface area contributed by atoms with E-state index in [1.165, 1.54) is 5.56 Å². The van der Waals surface area contributed by atoms with Gasteiger partial charge in [0.2, 0.25) is 0 Å². The van der Waals surface area contributed by atoms with Crippen LogP contribution in [0, 0.1) is 0 Å². The van der Waals surface area contributed by atoms with Crippen molar-refractivity contribution in [2.75, 3.05) is 0 Å². The van der Waals surface area contributed by atoms with Crippen LogP contribution in [0.4, 0.5) is 0 Å². The van der Waals surface area contributed by atoms with E-state index >= 15 is 0 Å². The molecule has 92 valence electrons. The van der Waals surface area contributed by atoms with Crippen LogP contribution in [0.3, 0.4) is 0 Å². The summed E-state index contributed by atoms with van der Waals surface area (Å²) in [7, 11) is 0. The molecule has 0 aliphatic rings. The Kier molecular flexibility index (Phi) is 2.43. The number of fused-ring (bicyclic) bond motifs is 3. The molecular formula is C16H15ClO. The van der Waals surface area contributed by atoms with Gasteiger partial charge in [0, 0.05) is 21.9 Å². The van der Waals surface area contributed by atoms with E-state index in [4.69, 9.17) is 16.0 Å². The molecule has 0 N–H and O–H groups in total. The van der Waals surface area contributed by atoms with E-state index in [0.29, 0.717) is 5.02 Å². The minimum absolute atomic E-state index is 0.143. The minimum atomic E-state index is 0.143. The first kappa shape index (κ1) is 11.6. The maximum atomic E-state index is 5.99. The van der Waals surface area contributed by atoms with Crippen molar-refractivity contribution >= 4 is 33.5 Å². The van der Waals surface area contributed by atoms with Gasteiger partial charge >= 0.3 is 0 Å². The summed E-state index contributed by atoms with van der Waals surface area (Å²) >= 11 is 5.99. The molecule has 0 saturated carbocycles. The van der Waals surface area contributed by atoms with Crippen molar-refractivity contribution in [3.8, 4) is 0 Å². The molecule has 0 fully saturated rings. The molecule has 3 aromatic rings. The zero-order valence-electron chi connectivity index (χ0n) is 10.8. The lowest BCUT2D eigenvalue weighted by Crippen LogP contribution is -2.10. The fraction of sp³-hybridized carbons (Fsp3) is 0.250. The number of benzene rings is 2. The minimum Gasteiger partial charge on any atom is -0.456 e. The Bertz CT molecular complexity index is 732. The fourth-order valence-electron chi connectivity index (χ4n) is 2.22. The lowest BCUT2D eigenvalue weighted by atomic mass is 9.86. The zero-order chi connectivity index (χ0) is 12.9. The van der Waals surface area contributed by atoms with E-state index in [-0.39, 0.29) is 5.41 Å². The van der Waals surface area contributed by atoms with Crippen LogP contribution in [0.25, 0.3) is 21.9 Å². The highest BCUT2D eigenvalue weighted by Gasteiger charge is 2.16. The standard InChI is InChI=1S/C16H15ClO/c1-16(2,3)10-4-7-14-13(8-10)12-6-5-11(17)9-15(12)18-14/h4-9H,1-3H3. The molecule has 0 atom stereocenters. The largest absolute Gasteiger partial charge is 0.456 e. The lowest BCUT2D eigenvalue weighted by molar-refractivity contribution is 0.590. The van der Waals surface area contributed by atoms with Gasteiger partial charge in [-0.05, 0) is 35.2 Å². The van der Waals surface area contributed by atoms with E-state index in [1.54, 1.807) is 0 Å². The van der Waals surface area contributed by atoms with Gasteiger partial charge in [-0.25, -0.2) is 0 Å². The second-order valence-corrected chi connectivity index (χ2v) is 6.14. The van der Waals surface area contributed by atoms with Gasteiger partial charge in [-0.3, -0.25) is 0 Å². The highest BCUT2D eigenvalue weighted by Crippen LogP contribution is 2.33. The maximum Gasteiger partial charge on any atom is 0.136 e. The molecule has 0 spiro atoms. The summed E-state index contributed by atoms with van der Waals surface area (Å²) in [5, 5.41) is 2.99. The molecule has 0 bridgehead atoms. The second kappa shape index (κ2) is 3.76. The normalized spacial score (nSPS) is 12.4. The molecule has 0 saturated heterocycles. The molecule has 2 heteroatoms. The Labute approximate surface area is 111 Å². The summed E-state index contributed by atoms with van der Waals surface area (Å²) in [4.78, 5) is 0. The Balaban J connectivity index is 2.36. The Morgan fingerprint density at radius 1 is 0.889 bits per heavy atom. The molecule has 18 heavy (non-hydrogen) atoms. The Morgan fingerprint density at radius 2 is 1.67 bits per heavy atom. The van der Waals surface area contributed by atoms with Crippen molar-refractivity contribution in [1.82, 2.24) is 0 Å². The molecule has 1 nitrogen and oxygen atoms in total. The van der Waals surface area contributed by atoms with Crippen LogP contribution in [-0.4, -0.2) is 0 Å². The molecule has 1 aromatic heterocycles. The molecule has 0 amide bonds. The Morgan fingerprint density at radius 3 is 2.39 bits per heavy atom. The van der Waals surface area contributed by atoms with Crippen molar-refractivity contribution in [2.24, 2.45) is 0 Å². The van der Waals surface area contributed by atoms with Crippen molar-refractivity contribution in [1.29, 1.82) is 0 Å². The smallest absolute Gasteiger partial charge is 0.136 e. The molecule has 0 unspecified atom stereocenters. The average Bonchev–Trinajstić information content (AvgIpc) is 2.63. The summed E-state index contributed by atoms with van der Waals surface area (Å²) in [6.07, 6.45) is 0. The first-order valence-corrected chi connectivity index (χ1v) is 6.45. The quantitative estimate of drug-likeness (QED) is 0.516. The first-order chi connectivity index (χ1) is 8.45. The van der Waals surface area contributed by atoms with Crippen molar-refractivity contribution in [3.63, 3.8) is 0 Å². The molecule has 0 radical (unpaired) electrons. The zero-order valence-corrected chi connectivity index (χ0v) is 11.5. The summed E-state index contributed by atoms with van der Waals surface area (Å²) in [5.41, 5.74) is 3.22. The van der Waals surface area contributed by atoms with Gasteiger partial charge in [0.15, 0.2) is 0 Å². The van der Waals surface area contributed by atoms with Gasteiger partial charge in [0.05, 0.1) is 0 Å².